The molecule has 2 amide bonds. The van der Waals surface area contributed by atoms with Crippen molar-refractivity contribution in [3.63, 3.8) is 0 Å². The molecular formula is C24H22Cl2N6O2. The average molecular weight is 497 g/mol. The lowest BCUT2D eigenvalue weighted by Gasteiger charge is -2.20. The first-order chi connectivity index (χ1) is 16.3. The Morgan fingerprint density at radius 1 is 0.765 bits per heavy atom. The second-order valence-corrected chi connectivity index (χ2v) is 8.74. The van der Waals surface area contributed by atoms with E-state index in [9.17, 15) is 9.59 Å². The summed E-state index contributed by atoms with van der Waals surface area (Å²) in [6.07, 6.45) is 6.91. The Kier molecular flexibility index (Phi) is 7.00. The molecule has 0 aliphatic carbocycles. The minimum absolute atomic E-state index is 0.242. The summed E-state index contributed by atoms with van der Waals surface area (Å²) in [5.74, 6) is -1.22. The SMILES string of the molecule is CN(Cc1cnn(-c2cccc(Cl)c2)c1)C(=O)C(=O)N(C)Cc1cnn(-c2cccc(Cl)c2)c1. The number of carbonyl (C=O) groups excluding carboxylic acids is 2. The predicted octanol–water partition coefficient (Wildman–Crippen LogP) is 3.98. The topological polar surface area (TPSA) is 76.3 Å². The van der Waals surface area contributed by atoms with Crippen LogP contribution in [0.4, 0.5) is 0 Å². The van der Waals surface area contributed by atoms with Crippen LogP contribution in [0.5, 0.6) is 0 Å². The van der Waals surface area contributed by atoms with E-state index in [1.165, 1.54) is 9.80 Å². The van der Waals surface area contributed by atoms with Crippen molar-refractivity contribution in [2.45, 2.75) is 13.1 Å². The fraction of sp³-hybridized carbons (Fsp3) is 0.167. The molecule has 0 aliphatic rings. The Bertz CT molecular complexity index is 1230. The first-order valence-corrected chi connectivity index (χ1v) is 11.2. The average Bonchev–Trinajstić information content (AvgIpc) is 3.48. The van der Waals surface area contributed by atoms with Crippen LogP contribution in [0.25, 0.3) is 11.4 Å². The summed E-state index contributed by atoms with van der Waals surface area (Å²) >= 11 is 12.1. The maximum atomic E-state index is 12.7. The van der Waals surface area contributed by atoms with Crippen LogP contribution < -0.4 is 0 Å². The van der Waals surface area contributed by atoms with Crippen molar-refractivity contribution in [2.24, 2.45) is 0 Å². The van der Waals surface area contributed by atoms with E-state index >= 15 is 0 Å². The second-order valence-electron chi connectivity index (χ2n) is 7.87. The molecule has 4 rings (SSSR count). The third-order valence-corrected chi connectivity index (χ3v) is 5.60. The summed E-state index contributed by atoms with van der Waals surface area (Å²) < 4.78 is 3.34. The van der Waals surface area contributed by atoms with Gasteiger partial charge in [0.2, 0.25) is 0 Å². The molecule has 0 fully saturated rings. The molecule has 2 heterocycles. The van der Waals surface area contributed by atoms with Crippen molar-refractivity contribution in [1.82, 2.24) is 29.4 Å². The molecule has 0 radical (unpaired) electrons. The van der Waals surface area contributed by atoms with E-state index in [0.717, 1.165) is 22.5 Å². The molecule has 0 saturated heterocycles. The molecule has 0 aliphatic heterocycles. The minimum atomic E-state index is -0.611. The molecule has 0 saturated carbocycles. The van der Waals surface area contributed by atoms with Crippen LogP contribution in [0.3, 0.4) is 0 Å². The quantitative estimate of drug-likeness (QED) is 0.378. The first kappa shape index (κ1) is 23.5. The number of benzene rings is 2. The Morgan fingerprint density at radius 2 is 1.18 bits per heavy atom. The van der Waals surface area contributed by atoms with Gasteiger partial charge in [0.15, 0.2) is 0 Å². The molecule has 2 aromatic carbocycles. The molecule has 0 N–H and O–H groups in total. The summed E-state index contributed by atoms with van der Waals surface area (Å²) in [6.45, 7) is 0.483. The van der Waals surface area contributed by atoms with E-state index in [-0.39, 0.29) is 13.1 Å². The Morgan fingerprint density at radius 3 is 1.56 bits per heavy atom. The van der Waals surface area contributed by atoms with Crippen LogP contribution >= 0.6 is 23.2 Å². The van der Waals surface area contributed by atoms with Crippen molar-refractivity contribution in [1.29, 1.82) is 0 Å². The van der Waals surface area contributed by atoms with Gasteiger partial charge in [-0.15, -0.1) is 0 Å². The number of carbonyl (C=O) groups is 2. The molecule has 34 heavy (non-hydrogen) atoms. The van der Waals surface area contributed by atoms with E-state index in [4.69, 9.17) is 23.2 Å². The lowest BCUT2D eigenvalue weighted by Crippen LogP contribution is -2.41. The largest absolute Gasteiger partial charge is 0.333 e. The molecule has 174 valence electrons. The van der Waals surface area contributed by atoms with Crippen molar-refractivity contribution in [3.05, 3.63) is 94.5 Å². The van der Waals surface area contributed by atoms with Crippen molar-refractivity contribution in [2.75, 3.05) is 14.1 Å². The normalized spacial score (nSPS) is 10.8. The van der Waals surface area contributed by atoms with Gasteiger partial charge >= 0.3 is 11.8 Å². The van der Waals surface area contributed by atoms with Crippen LogP contribution in [-0.2, 0) is 22.7 Å². The molecule has 4 aromatic rings. The molecule has 0 atom stereocenters. The van der Waals surface area contributed by atoms with Crippen LogP contribution in [0.1, 0.15) is 11.1 Å². The maximum absolute atomic E-state index is 12.7. The zero-order valence-corrected chi connectivity index (χ0v) is 20.1. The molecule has 0 spiro atoms. The van der Waals surface area contributed by atoms with Crippen molar-refractivity contribution >= 4 is 35.0 Å². The van der Waals surface area contributed by atoms with E-state index in [1.807, 2.05) is 24.3 Å². The summed E-state index contributed by atoms with van der Waals surface area (Å²) in [5.41, 5.74) is 3.19. The number of nitrogens with zero attached hydrogens (tertiary/aromatic N) is 6. The summed E-state index contributed by atoms with van der Waals surface area (Å²) in [5, 5.41) is 9.84. The van der Waals surface area contributed by atoms with E-state index in [2.05, 4.69) is 10.2 Å². The highest BCUT2D eigenvalue weighted by atomic mass is 35.5. The van der Waals surface area contributed by atoms with Gasteiger partial charge in [-0.25, -0.2) is 9.36 Å². The Hall–Kier alpha value is -3.62. The molecule has 8 nitrogen and oxygen atoms in total. The standard InChI is InChI=1S/C24H22Cl2N6O2/c1-29(13-17-11-27-31(15-17)21-7-3-5-19(25)9-21)23(33)24(34)30(2)14-18-12-28-32(16-18)22-8-4-6-20(26)10-22/h3-12,15-16H,13-14H2,1-2H3. The number of amides is 2. The number of hydrogen-bond donors (Lipinski definition) is 0. The number of halogens is 2. The van der Waals surface area contributed by atoms with E-state index < -0.39 is 11.8 Å². The monoisotopic (exact) mass is 496 g/mol. The van der Waals surface area contributed by atoms with Crippen LogP contribution in [0.15, 0.2) is 73.3 Å². The minimum Gasteiger partial charge on any atom is -0.333 e. The lowest BCUT2D eigenvalue weighted by molar-refractivity contribution is -0.150. The van der Waals surface area contributed by atoms with Gasteiger partial charge in [0.05, 0.1) is 23.8 Å². The highest BCUT2D eigenvalue weighted by Crippen LogP contribution is 2.17. The van der Waals surface area contributed by atoms with Gasteiger partial charge in [-0.1, -0.05) is 35.3 Å². The molecule has 10 heteroatoms. The first-order valence-electron chi connectivity index (χ1n) is 10.4. The zero-order valence-electron chi connectivity index (χ0n) is 18.6. The van der Waals surface area contributed by atoms with E-state index in [0.29, 0.717) is 10.0 Å². The highest BCUT2D eigenvalue weighted by Gasteiger charge is 2.23. The Labute approximate surface area is 206 Å². The fourth-order valence-corrected chi connectivity index (χ4v) is 3.79. The fourth-order valence-electron chi connectivity index (χ4n) is 3.42. The number of hydrogen-bond acceptors (Lipinski definition) is 4. The predicted molar refractivity (Wildman–Crippen MR) is 130 cm³/mol. The van der Waals surface area contributed by atoms with Gasteiger partial charge < -0.3 is 9.80 Å². The van der Waals surface area contributed by atoms with Gasteiger partial charge in [0, 0.05) is 60.8 Å². The van der Waals surface area contributed by atoms with Gasteiger partial charge in [-0.05, 0) is 36.4 Å². The number of likely N-dealkylation sites (N-methyl/N-ethyl adjacent to an activating group) is 2. The van der Waals surface area contributed by atoms with E-state index in [1.54, 1.807) is 72.5 Å². The van der Waals surface area contributed by atoms with Gasteiger partial charge in [-0.3, -0.25) is 9.59 Å². The van der Waals surface area contributed by atoms with Crippen LogP contribution in [0.2, 0.25) is 10.0 Å². The summed E-state index contributed by atoms with van der Waals surface area (Å²) in [7, 11) is 3.17. The molecule has 0 bridgehead atoms. The Balaban J connectivity index is 1.36. The molecule has 2 aromatic heterocycles. The smallest absolute Gasteiger partial charge is 0.312 e. The van der Waals surface area contributed by atoms with Crippen molar-refractivity contribution in [3.8, 4) is 11.4 Å². The maximum Gasteiger partial charge on any atom is 0.312 e. The van der Waals surface area contributed by atoms with Crippen molar-refractivity contribution < 1.29 is 9.59 Å². The third-order valence-electron chi connectivity index (χ3n) is 5.13. The summed E-state index contributed by atoms with van der Waals surface area (Å²) in [4.78, 5) is 28.2. The van der Waals surface area contributed by atoms with Gasteiger partial charge in [0.25, 0.3) is 0 Å². The van der Waals surface area contributed by atoms with Crippen LogP contribution in [0, 0.1) is 0 Å². The summed E-state index contributed by atoms with van der Waals surface area (Å²) in [6, 6.07) is 14.6. The lowest BCUT2D eigenvalue weighted by atomic mass is 10.3. The second kappa shape index (κ2) is 10.1. The van der Waals surface area contributed by atoms with Gasteiger partial charge in [-0.2, -0.15) is 10.2 Å². The molecule has 0 unspecified atom stereocenters. The highest BCUT2D eigenvalue weighted by molar-refractivity contribution is 6.34. The van der Waals surface area contributed by atoms with Crippen LogP contribution in [-0.4, -0.2) is 55.3 Å². The zero-order chi connectivity index (χ0) is 24.2. The van der Waals surface area contributed by atoms with Gasteiger partial charge in [0.1, 0.15) is 0 Å². The number of rotatable bonds is 6. The molecular weight excluding hydrogens is 475 g/mol. The number of aromatic nitrogens is 4. The third kappa shape index (κ3) is 5.47.